The Kier molecular flexibility index (Phi) is 4.39. The minimum Gasteiger partial charge on any atom is -0.486 e. The fraction of sp³-hybridized carbons (Fsp3) is 0.333. The first kappa shape index (κ1) is 16.9. The van der Waals surface area contributed by atoms with Gasteiger partial charge < -0.3 is 4.74 Å². The maximum absolute atomic E-state index is 12.6. The molecule has 7 nitrogen and oxygen atoms in total. The summed E-state index contributed by atoms with van der Waals surface area (Å²) in [5.74, 6) is -0.504. The maximum atomic E-state index is 12.6. The van der Waals surface area contributed by atoms with Gasteiger partial charge in [-0.3, -0.25) is 29.1 Å². The summed E-state index contributed by atoms with van der Waals surface area (Å²) in [5, 5.41) is 3.08. The van der Waals surface area contributed by atoms with Crippen molar-refractivity contribution >= 4 is 28.5 Å². The second-order valence-corrected chi connectivity index (χ2v) is 6.17. The average molecular weight is 342 g/mol. The molecule has 2 amide bonds. The van der Waals surface area contributed by atoms with Gasteiger partial charge >= 0.3 is 0 Å². The molecule has 0 saturated carbocycles. The van der Waals surface area contributed by atoms with Crippen molar-refractivity contribution in [3.63, 3.8) is 0 Å². The minimum absolute atomic E-state index is 0.0695. The molecule has 1 atom stereocenters. The van der Waals surface area contributed by atoms with Gasteiger partial charge in [0.25, 0.3) is 5.56 Å². The summed E-state index contributed by atoms with van der Waals surface area (Å²) >= 11 is 0. The molecule has 0 spiro atoms. The van der Waals surface area contributed by atoms with Crippen LogP contribution in [0, 0.1) is 6.92 Å². The lowest BCUT2D eigenvalue weighted by Gasteiger charge is -2.25. The molecule has 1 aliphatic rings. The van der Waals surface area contributed by atoms with E-state index in [1.807, 2.05) is 6.92 Å². The number of ketones is 1. The van der Waals surface area contributed by atoms with E-state index in [1.165, 1.54) is 17.6 Å². The molecule has 3 rings (SSSR count). The molecular weight excluding hydrogens is 324 g/mol. The highest BCUT2D eigenvalue weighted by atomic mass is 16.5. The molecule has 1 fully saturated rings. The van der Waals surface area contributed by atoms with Gasteiger partial charge in [0.1, 0.15) is 18.4 Å². The molecule has 2 aromatic rings. The molecule has 2 heterocycles. The Bertz CT molecular complexity index is 944. The zero-order valence-electron chi connectivity index (χ0n) is 14.0. The van der Waals surface area contributed by atoms with E-state index < -0.39 is 11.9 Å². The van der Waals surface area contributed by atoms with Gasteiger partial charge in [-0.15, -0.1) is 0 Å². The van der Waals surface area contributed by atoms with Crippen LogP contribution in [0.5, 0.6) is 5.75 Å². The third-order valence-corrected chi connectivity index (χ3v) is 4.19. The van der Waals surface area contributed by atoms with E-state index in [2.05, 4.69) is 5.32 Å². The summed E-state index contributed by atoms with van der Waals surface area (Å²) in [5.41, 5.74) is 1.01. The minimum atomic E-state index is -0.753. The number of aromatic nitrogens is 1. The summed E-state index contributed by atoms with van der Waals surface area (Å²) in [6.45, 7) is 3.17. The van der Waals surface area contributed by atoms with E-state index in [9.17, 15) is 19.2 Å². The number of carbonyl (C=O) groups is 3. The number of benzene rings is 1. The maximum Gasteiger partial charge on any atom is 0.252 e. The van der Waals surface area contributed by atoms with Crippen LogP contribution in [0.1, 0.15) is 31.4 Å². The van der Waals surface area contributed by atoms with Gasteiger partial charge in [-0.1, -0.05) is 0 Å². The molecule has 7 heteroatoms. The zero-order chi connectivity index (χ0) is 18.1. The van der Waals surface area contributed by atoms with Crippen molar-refractivity contribution in [2.75, 3.05) is 6.61 Å². The van der Waals surface area contributed by atoms with Crippen LogP contribution in [0.4, 0.5) is 0 Å². The first-order valence-corrected chi connectivity index (χ1v) is 7.98. The predicted octanol–water partition coefficient (Wildman–Crippen LogP) is 1.26. The van der Waals surface area contributed by atoms with Gasteiger partial charge in [0, 0.05) is 23.9 Å². The first-order chi connectivity index (χ1) is 11.9. The number of rotatable bonds is 4. The number of fused-ring (bicyclic) bond motifs is 1. The van der Waals surface area contributed by atoms with Gasteiger partial charge in [0.05, 0.1) is 5.52 Å². The molecule has 1 aliphatic heterocycles. The SMILES string of the molecule is CC(=O)COc1ccc2c(C)cc(=O)n(C3CCC(=O)NC3=O)c2c1. The fourth-order valence-electron chi connectivity index (χ4n) is 3.02. The van der Waals surface area contributed by atoms with Crippen molar-refractivity contribution < 1.29 is 19.1 Å². The summed E-state index contributed by atoms with van der Waals surface area (Å²) in [6, 6.07) is 5.88. The second-order valence-electron chi connectivity index (χ2n) is 6.17. The number of nitrogens with one attached hydrogen (secondary N) is 1. The van der Waals surface area contributed by atoms with Crippen molar-refractivity contribution in [1.82, 2.24) is 9.88 Å². The molecule has 130 valence electrons. The fourth-order valence-corrected chi connectivity index (χ4v) is 3.02. The zero-order valence-corrected chi connectivity index (χ0v) is 14.0. The highest BCUT2D eigenvalue weighted by molar-refractivity contribution is 6.00. The molecule has 0 radical (unpaired) electrons. The summed E-state index contributed by atoms with van der Waals surface area (Å²) in [4.78, 5) is 47.3. The molecular formula is C18H18N2O5. The van der Waals surface area contributed by atoms with Crippen molar-refractivity contribution in [3.8, 4) is 5.75 Å². The lowest BCUT2D eigenvalue weighted by molar-refractivity contribution is -0.135. The summed E-state index contributed by atoms with van der Waals surface area (Å²) < 4.78 is 6.82. The van der Waals surface area contributed by atoms with Gasteiger partial charge in [-0.2, -0.15) is 0 Å². The number of piperidine rings is 1. The third kappa shape index (κ3) is 3.31. The van der Waals surface area contributed by atoms with Crippen molar-refractivity contribution in [2.24, 2.45) is 0 Å². The van der Waals surface area contributed by atoms with Gasteiger partial charge in [-0.25, -0.2) is 0 Å². The van der Waals surface area contributed by atoms with Gasteiger partial charge in [-0.05, 0) is 38.0 Å². The first-order valence-electron chi connectivity index (χ1n) is 7.98. The number of amides is 2. The molecule has 0 bridgehead atoms. The van der Waals surface area contributed by atoms with Crippen LogP contribution >= 0.6 is 0 Å². The average Bonchev–Trinajstić information content (AvgIpc) is 2.54. The largest absolute Gasteiger partial charge is 0.486 e. The topological polar surface area (TPSA) is 94.5 Å². The Morgan fingerprint density at radius 3 is 2.72 bits per heavy atom. The van der Waals surface area contributed by atoms with E-state index in [1.54, 1.807) is 18.2 Å². The van der Waals surface area contributed by atoms with Crippen LogP contribution in [0.2, 0.25) is 0 Å². The second kappa shape index (κ2) is 6.51. The highest BCUT2D eigenvalue weighted by Gasteiger charge is 2.30. The smallest absolute Gasteiger partial charge is 0.252 e. The number of imide groups is 1. The van der Waals surface area contributed by atoms with Crippen LogP contribution in [0.15, 0.2) is 29.1 Å². The number of ether oxygens (including phenoxy) is 1. The van der Waals surface area contributed by atoms with E-state index in [0.717, 1.165) is 10.9 Å². The molecule has 1 aromatic carbocycles. The monoisotopic (exact) mass is 342 g/mol. The number of pyridine rings is 1. The van der Waals surface area contributed by atoms with E-state index in [4.69, 9.17) is 4.74 Å². The number of hydrogen-bond acceptors (Lipinski definition) is 5. The van der Waals surface area contributed by atoms with Gasteiger partial charge in [0.15, 0.2) is 5.78 Å². The Morgan fingerprint density at radius 1 is 1.28 bits per heavy atom. The Morgan fingerprint density at radius 2 is 2.04 bits per heavy atom. The Balaban J connectivity index is 2.14. The van der Waals surface area contributed by atoms with Crippen molar-refractivity contribution in [1.29, 1.82) is 0 Å². The Hall–Kier alpha value is -2.96. The van der Waals surface area contributed by atoms with Crippen LogP contribution in [-0.4, -0.2) is 28.8 Å². The third-order valence-electron chi connectivity index (χ3n) is 4.19. The molecule has 1 saturated heterocycles. The van der Waals surface area contributed by atoms with Crippen LogP contribution in [-0.2, 0) is 14.4 Å². The van der Waals surface area contributed by atoms with Crippen LogP contribution in [0.25, 0.3) is 10.9 Å². The standard InChI is InChI=1S/C18H18N2O5/c1-10-7-17(23)20(14-5-6-16(22)19-18(14)24)15-8-12(3-4-13(10)15)25-9-11(2)21/h3-4,7-8,14H,5-6,9H2,1-2H3,(H,19,22,24). The van der Waals surface area contributed by atoms with Crippen LogP contribution in [0.3, 0.4) is 0 Å². The lowest BCUT2D eigenvalue weighted by atomic mass is 10.0. The molecule has 25 heavy (non-hydrogen) atoms. The van der Waals surface area contributed by atoms with E-state index >= 15 is 0 Å². The number of aryl methyl sites for hydroxylation is 1. The van der Waals surface area contributed by atoms with E-state index in [-0.39, 0.29) is 36.7 Å². The number of nitrogens with zero attached hydrogens (tertiary/aromatic N) is 1. The van der Waals surface area contributed by atoms with Crippen molar-refractivity contribution in [3.05, 3.63) is 40.2 Å². The number of Topliss-reactive ketones (excluding diaryl/α,β-unsaturated/α-hetero) is 1. The highest BCUT2D eigenvalue weighted by Crippen LogP contribution is 2.27. The van der Waals surface area contributed by atoms with Gasteiger partial charge in [0.2, 0.25) is 11.8 Å². The Labute approximate surface area is 143 Å². The van der Waals surface area contributed by atoms with E-state index in [0.29, 0.717) is 11.3 Å². The van der Waals surface area contributed by atoms with Crippen LogP contribution < -0.4 is 15.6 Å². The quantitative estimate of drug-likeness (QED) is 0.844. The normalized spacial score (nSPS) is 17.4. The lowest BCUT2D eigenvalue weighted by Crippen LogP contribution is -2.44. The molecule has 0 aliphatic carbocycles. The molecule has 1 N–H and O–H groups in total. The number of hydrogen-bond donors (Lipinski definition) is 1. The van der Waals surface area contributed by atoms with Crippen molar-refractivity contribution in [2.45, 2.75) is 32.7 Å². The summed E-state index contributed by atoms with van der Waals surface area (Å²) in [7, 11) is 0. The molecule has 1 aromatic heterocycles. The predicted molar refractivity (Wildman–Crippen MR) is 90.5 cm³/mol. The number of carbonyl (C=O) groups excluding carboxylic acids is 3. The summed E-state index contributed by atoms with van der Waals surface area (Å²) in [6.07, 6.45) is 0.444. The molecule has 1 unspecified atom stereocenters.